The third-order valence-electron chi connectivity index (χ3n) is 2.60. The van der Waals surface area contributed by atoms with E-state index in [9.17, 15) is 9.59 Å². The molecule has 0 unspecified atom stereocenters. The topological polar surface area (TPSA) is 77.5 Å². The van der Waals surface area contributed by atoms with Crippen molar-refractivity contribution in [2.75, 3.05) is 18.5 Å². The molecule has 22 heavy (non-hydrogen) atoms. The molecule has 1 aromatic heterocycles. The first-order chi connectivity index (χ1) is 10.3. The van der Waals surface area contributed by atoms with Gasteiger partial charge in [-0.25, -0.2) is 14.6 Å². The van der Waals surface area contributed by atoms with Crippen LogP contribution in [0.15, 0.2) is 17.2 Å². The number of esters is 2. The largest absolute Gasteiger partial charge is 0.462 e. The summed E-state index contributed by atoms with van der Waals surface area (Å²) in [6.07, 6.45) is 1.28. The van der Waals surface area contributed by atoms with Crippen LogP contribution >= 0.6 is 11.3 Å². The fraction of sp³-hybridized carbons (Fsp3) is 0.533. The van der Waals surface area contributed by atoms with Crippen LogP contribution in [0.5, 0.6) is 0 Å². The van der Waals surface area contributed by atoms with Gasteiger partial charge in [-0.2, -0.15) is 0 Å². The zero-order valence-corrected chi connectivity index (χ0v) is 14.4. The zero-order valence-electron chi connectivity index (χ0n) is 13.6. The van der Waals surface area contributed by atoms with Gasteiger partial charge in [0.25, 0.3) is 0 Å². The summed E-state index contributed by atoms with van der Waals surface area (Å²) < 4.78 is 9.71. The second-order valence-corrected chi connectivity index (χ2v) is 6.29. The molecule has 0 aliphatic carbocycles. The van der Waals surface area contributed by atoms with Crippen molar-refractivity contribution in [1.29, 1.82) is 0 Å². The van der Waals surface area contributed by atoms with Gasteiger partial charge in [0, 0.05) is 17.0 Å². The molecular formula is C15H22N2O4S. The van der Waals surface area contributed by atoms with Crippen molar-refractivity contribution in [2.24, 2.45) is 0 Å². The fourth-order valence-corrected chi connectivity index (χ4v) is 2.34. The number of nitrogens with zero attached hydrogens (tertiary/aromatic N) is 1. The lowest BCUT2D eigenvalue weighted by Crippen LogP contribution is -2.19. The highest BCUT2D eigenvalue weighted by Gasteiger charge is 2.22. The summed E-state index contributed by atoms with van der Waals surface area (Å²) >= 11 is 1.40. The molecule has 0 saturated carbocycles. The van der Waals surface area contributed by atoms with Crippen LogP contribution in [-0.4, -0.2) is 30.1 Å². The van der Waals surface area contributed by atoms with Gasteiger partial charge >= 0.3 is 11.9 Å². The minimum Gasteiger partial charge on any atom is -0.462 e. The summed E-state index contributed by atoms with van der Waals surface area (Å²) in [6, 6.07) is 0. The van der Waals surface area contributed by atoms with Crippen LogP contribution in [0, 0.1) is 0 Å². The zero-order chi connectivity index (χ0) is 16.8. The molecule has 0 aromatic carbocycles. The quantitative estimate of drug-likeness (QED) is 0.375. The third-order valence-corrected chi connectivity index (χ3v) is 3.38. The van der Waals surface area contributed by atoms with Crippen molar-refractivity contribution in [1.82, 2.24) is 4.98 Å². The highest BCUT2D eigenvalue weighted by molar-refractivity contribution is 7.13. The van der Waals surface area contributed by atoms with Crippen LogP contribution < -0.4 is 5.32 Å². The minimum absolute atomic E-state index is 0.0642. The Bertz CT molecular complexity index is 538. The normalized spacial score (nSPS) is 10.8. The molecule has 0 aliphatic heterocycles. The Morgan fingerprint density at radius 1 is 1.23 bits per heavy atom. The summed E-state index contributed by atoms with van der Waals surface area (Å²) in [5.41, 5.74) is 0.684. The molecule has 1 rings (SSSR count). The monoisotopic (exact) mass is 326 g/mol. The average molecular weight is 326 g/mol. The molecule has 1 aromatic rings. The van der Waals surface area contributed by atoms with Crippen molar-refractivity contribution < 1.29 is 19.1 Å². The van der Waals surface area contributed by atoms with Crippen LogP contribution in [0.25, 0.3) is 0 Å². The molecular weight excluding hydrogens is 304 g/mol. The van der Waals surface area contributed by atoms with Crippen LogP contribution in [0.2, 0.25) is 0 Å². The lowest BCUT2D eigenvalue weighted by molar-refractivity contribution is -0.146. The predicted octanol–water partition coefficient (Wildman–Crippen LogP) is 2.86. The maximum atomic E-state index is 11.8. The maximum Gasteiger partial charge on any atom is 0.347 e. The molecule has 7 heteroatoms. The Hall–Kier alpha value is -1.89. The number of aromatic nitrogens is 1. The summed E-state index contributed by atoms with van der Waals surface area (Å²) in [4.78, 5) is 28.0. The smallest absolute Gasteiger partial charge is 0.347 e. The molecule has 0 fully saturated rings. The number of hydrogen-bond donors (Lipinski definition) is 1. The number of hydrogen-bond acceptors (Lipinski definition) is 7. The second kappa shape index (κ2) is 7.93. The highest BCUT2D eigenvalue weighted by atomic mass is 32.1. The van der Waals surface area contributed by atoms with Gasteiger partial charge in [-0.15, -0.1) is 11.3 Å². The second-order valence-electron chi connectivity index (χ2n) is 5.43. The molecule has 0 amide bonds. The molecule has 0 aliphatic rings. The maximum absolute atomic E-state index is 11.8. The van der Waals surface area contributed by atoms with Gasteiger partial charge in [0.2, 0.25) is 0 Å². The highest BCUT2D eigenvalue weighted by Crippen LogP contribution is 2.26. The Labute approximate surface area is 134 Å². The van der Waals surface area contributed by atoms with E-state index in [1.54, 1.807) is 13.8 Å². The number of carbonyl (C=O) groups excluding carboxylic acids is 2. The number of ether oxygens (including phenoxy) is 2. The van der Waals surface area contributed by atoms with E-state index in [4.69, 9.17) is 9.47 Å². The summed E-state index contributed by atoms with van der Waals surface area (Å²) in [7, 11) is 0. The first kappa shape index (κ1) is 18.2. The molecule has 0 atom stereocenters. The van der Waals surface area contributed by atoms with E-state index in [0.29, 0.717) is 5.13 Å². The van der Waals surface area contributed by atoms with Gasteiger partial charge in [-0.3, -0.25) is 0 Å². The molecule has 1 N–H and O–H groups in total. The molecule has 0 radical (unpaired) electrons. The molecule has 0 bridgehead atoms. The first-order valence-corrected chi connectivity index (χ1v) is 7.94. The summed E-state index contributed by atoms with van der Waals surface area (Å²) in [6.45, 7) is 9.88. The van der Waals surface area contributed by atoms with E-state index in [1.165, 1.54) is 17.5 Å². The van der Waals surface area contributed by atoms with Crippen molar-refractivity contribution in [3.05, 3.63) is 22.8 Å². The minimum atomic E-state index is -0.721. The van der Waals surface area contributed by atoms with Gasteiger partial charge in [0.1, 0.15) is 0 Å². The van der Waals surface area contributed by atoms with E-state index < -0.39 is 11.9 Å². The van der Waals surface area contributed by atoms with Gasteiger partial charge in [0.15, 0.2) is 10.7 Å². The van der Waals surface area contributed by atoms with E-state index in [0.717, 1.165) is 5.69 Å². The van der Waals surface area contributed by atoms with Gasteiger partial charge in [0.05, 0.1) is 18.9 Å². The Balaban J connectivity index is 2.90. The predicted molar refractivity (Wildman–Crippen MR) is 85.8 cm³/mol. The van der Waals surface area contributed by atoms with E-state index >= 15 is 0 Å². The molecule has 1 heterocycles. The first-order valence-electron chi connectivity index (χ1n) is 7.06. The molecule has 122 valence electrons. The van der Waals surface area contributed by atoms with Crippen LogP contribution in [-0.2, 0) is 24.5 Å². The standard InChI is InChI=1S/C15H22N2O4S/c1-6-20-12(18)10(13(19)21-7-2)8-16-14-17-11(9-22-14)15(3,4)5/h8-9H,6-7H2,1-5H3,(H,16,17). The SMILES string of the molecule is CCOC(=O)C(=CNc1nc(C(C)(C)C)cs1)C(=O)OCC. The van der Waals surface area contributed by atoms with Crippen molar-refractivity contribution in [2.45, 2.75) is 40.0 Å². The Kier molecular flexibility index (Phi) is 6.55. The van der Waals surface area contributed by atoms with E-state index in [2.05, 4.69) is 31.1 Å². The number of anilines is 1. The van der Waals surface area contributed by atoms with Gasteiger partial charge in [-0.1, -0.05) is 20.8 Å². The molecule has 0 saturated heterocycles. The Morgan fingerprint density at radius 2 is 1.77 bits per heavy atom. The van der Waals surface area contributed by atoms with Crippen molar-refractivity contribution in [3.63, 3.8) is 0 Å². The van der Waals surface area contributed by atoms with Crippen LogP contribution in [0.1, 0.15) is 40.3 Å². The number of rotatable bonds is 6. The van der Waals surface area contributed by atoms with Crippen LogP contribution in [0.3, 0.4) is 0 Å². The van der Waals surface area contributed by atoms with E-state index in [-0.39, 0.29) is 24.2 Å². The molecule has 0 spiro atoms. The lowest BCUT2D eigenvalue weighted by atomic mass is 9.93. The Morgan fingerprint density at radius 3 is 2.18 bits per heavy atom. The van der Waals surface area contributed by atoms with Crippen molar-refractivity contribution >= 4 is 28.4 Å². The third kappa shape index (κ3) is 5.14. The summed E-state index contributed by atoms with van der Waals surface area (Å²) in [5.74, 6) is -1.44. The average Bonchev–Trinajstić information content (AvgIpc) is 2.88. The molecule has 6 nitrogen and oxygen atoms in total. The number of nitrogens with one attached hydrogen (secondary N) is 1. The number of thiazole rings is 1. The van der Waals surface area contributed by atoms with Crippen molar-refractivity contribution in [3.8, 4) is 0 Å². The number of carbonyl (C=O) groups is 2. The van der Waals surface area contributed by atoms with Crippen LogP contribution in [0.4, 0.5) is 5.13 Å². The fourth-order valence-electron chi connectivity index (χ4n) is 1.44. The van der Waals surface area contributed by atoms with E-state index in [1.807, 2.05) is 5.38 Å². The lowest BCUT2D eigenvalue weighted by Gasteiger charge is -2.14. The van der Waals surface area contributed by atoms with Gasteiger partial charge in [-0.05, 0) is 13.8 Å². The summed E-state index contributed by atoms with van der Waals surface area (Å²) in [5, 5.41) is 5.39. The van der Waals surface area contributed by atoms with Gasteiger partial charge < -0.3 is 14.8 Å².